The highest BCUT2D eigenvalue weighted by atomic mass is 35.5. The molecule has 0 saturated carbocycles. The third-order valence-corrected chi connectivity index (χ3v) is 4.38. The van der Waals surface area contributed by atoms with Crippen LogP contribution in [0.4, 0.5) is 10.6 Å². The Hall–Kier alpha value is -2.51. The van der Waals surface area contributed by atoms with Gasteiger partial charge in [0.2, 0.25) is 0 Å². The molecule has 1 aromatic carbocycles. The maximum absolute atomic E-state index is 11.9. The number of hydrogen-bond donors (Lipinski definition) is 3. The van der Waals surface area contributed by atoms with Gasteiger partial charge in [0, 0.05) is 25.2 Å². The first-order valence-electron chi connectivity index (χ1n) is 7.89. The number of ether oxygens (including phenoxy) is 1. The van der Waals surface area contributed by atoms with Crippen LogP contribution in [-0.4, -0.2) is 30.1 Å². The SMILES string of the molecule is O=C1COc2ccc(CCNC(=O)NCc3ccc(Cl)c(Cl)c3)nc2N1. The lowest BCUT2D eigenvalue weighted by atomic mass is 10.2. The van der Waals surface area contributed by atoms with E-state index in [4.69, 9.17) is 27.9 Å². The van der Waals surface area contributed by atoms with E-state index in [1.165, 1.54) is 0 Å². The van der Waals surface area contributed by atoms with Crippen molar-refractivity contribution in [1.29, 1.82) is 0 Å². The van der Waals surface area contributed by atoms with Crippen molar-refractivity contribution in [3.05, 3.63) is 51.6 Å². The van der Waals surface area contributed by atoms with Crippen molar-refractivity contribution in [3.63, 3.8) is 0 Å². The number of carbonyl (C=O) groups is 2. The lowest BCUT2D eigenvalue weighted by Crippen LogP contribution is -2.36. The minimum absolute atomic E-state index is 0.00537. The summed E-state index contributed by atoms with van der Waals surface area (Å²) in [6.07, 6.45) is 0.517. The molecule has 0 atom stereocenters. The molecule has 0 radical (unpaired) electrons. The van der Waals surface area contributed by atoms with Crippen LogP contribution in [0.5, 0.6) is 5.75 Å². The lowest BCUT2D eigenvalue weighted by molar-refractivity contribution is -0.118. The molecule has 1 aromatic heterocycles. The van der Waals surface area contributed by atoms with E-state index in [0.29, 0.717) is 41.1 Å². The molecule has 1 aliphatic rings. The van der Waals surface area contributed by atoms with Crippen LogP contribution >= 0.6 is 23.2 Å². The van der Waals surface area contributed by atoms with Gasteiger partial charge in [0.1, 0.15) is 0 Å². The zero-order valence-electron chi connectivity index (χ0n) is 13.6. The molecule has 136 valence electrons. The Balaban J connectivity index is 1.44. The summed E-state index contributed by atoms with van der Waals surface area (Å²) in [4.78, 5) is 27.5. The Bertz CT molecular complexity index is 845. The van der Waals surface area contributed by atoms with Gasteiger partial charge in [-0.15, -0.1) is 0 Å². The number of pyridine rings is 1. The van der Waals surface area contributed by atoms with Crippen molar-refractivity contribution in [2.24, 2.45) is 0 Å². The van der Waals surface area contributed by atoms with Crippen molar-refractivity contribution in [3.8, 4) is 5.75 Å². The van der Waals surface area contributed by atoms with Gasteiger partial charge in [0.05, 0.1) is 10.0 Å². The van der Waals surface area contributed by atoms with Gasteiger partial charge < -0.3 is 20.7 Å². The molecule has 0 saturated heterocycles. The zero-order valence-corrected chi connectivity index (χ0v) is 15.2. The molecule has 0 unspecified atom stereocenters. The van der Waals surface area contributed by atoms with E-state index in [9.17, 15) is 9.59 Å². The topological polar surface area (TPSA) is 92.3 Å². The fraction of sp³-hybridized carbons (Fsp3) is 0.235. The maximum atomic E-state index is 11.9. The number of anilines is 1. The van der Waals surface area contributed by atoms with Crippen molar-refractivity contribution in [1.82, 2.24) is 15.6 Å². The van der Waals surface area contributed by atoms with E-state index in [1.807, 2.05) is 0 Å². The van der Waals surface area contributed by atoms with Gasteiger partial charge in [-0.3, -0.25) is 4.79 Å². The Morgan fingerprint density at radius 2 is 2.04 bits per heavy atom. The normalized spacial score (nSPS) is 12.6. The van der Waals surface area contributed by atoms with Gasteiger partial charge >= 0.3 is 6.03 Å². The van der Waals surface area contributed by atoms with Crippen LogP contribution in [0.25, 0.3) is 0 Å². The minimum atomic E-state index is -0.300. The van der Waals surface area contributed by atoms with Crippen LogP contribution < -0.4 is 20.7 Å². The van der Waals surface area contributed by atoms with Crippen molar-refractivity contribution >= 4 is 41.0 Å². The van der Waals surface area contributed by atoms with E-state index in [-0.39, 0.29) is 18.5 Å². The molecule has 1 aliphatic heterocycles. The Labute approximate surface area is 160 Å². The molecule has 0 spiro atoms. The van der Waals surface area contributed by atoms with Crippen molar-refractivity contribution in [2.75, 3.05) is 18.5 Å². The van der Waals surface area contributed by atoms with Gasteiger partial charge in [-0.2, -0.15) is 0 Å². The van der Waals surface area contributed by atoms with E-state index >= 15 is 0 Å². The third kappa shape index (κ3) is 4.77. The van der Waals surface area contributed by atoms with Crippen LogP contribution in [0.2, 0.25) is 10.0 Å². The number of amides is 3. The molecule has 0 aliphatic carbocycles. The first-order chi connectivity index (χ1) is 12.5. The summed E-state index contributed by atoms with van der Waals surface area (Å²) in [5.41, 5.74) is 1.58. The number of nitrogens with zero attached hydrogens (tertiary/aromatic N) is 1. The Morgan fingerprint density at radius 3 is 2.85 bits per heavy atom. The number of nitrogens with one attached hydrogen (secondary N) is 3. The summed E-state index contributed by atoms with van der Waals surface area (Å²) in [7, 11) is 0. The maximum Gasteiger partial charge on any atom is 0.315 e. The van der Waals surface area contributed by atoms with E-state index in [0.717, 1.165) is 11.3 Å². The third-order valence-electron chi connectivity index (χ3n) is 3.64. The molecule has 2 aromatic rings. The monoisotopic (exact) mass is 394 g/mol. The standard InChI is InChI=1S/C17H16Cl2N4O3/c18-12-3-1-10(7-13(12)19)8-21-17(25)20-6-5-11-2-4-14-16(22-11)23-15(24)9-26-14/h1-4,7H,5-6,8-9H2,(H2,20,21,25)(H,22,23,24). The molecule has 3 N–H and O–H groups in total. The molecular formula is C17H16Cl2N4O3. The average Bonchev–Trinajstić information content (AvgIpc) is 2.62. The van der Waals surface area contributed by atoms with Gasteiger partial charge in [0.25, 0.3) is 5.91 Å². The summed E-state index contributed by atoms with van der Waals surface area (Å²) >= 11 is 11.8. The predicted octanol–water partition coefficient (Wildman–Crippen LogP) is 2.76. The molecule has 0 bridgehead atoms. The summed E-state index contributed by atoms with van der Waals surface area (Å²) in [6.45, 7) is 0.728. The molecule has 3 amide bonds. The lowest BCUT2D eigenvalue weighted by Gasteiger charge is -2.17. The number of rotatable bonds is 5. The highest BCUT2D eigenvalue weighted by molar-refractivity contribution is 6.42. The molecule has 7 nitrogen and oxygen atoms in total. The zero-order chi connectivity index (χ0) is 18.5. The number of benzene rings is 1. The second-order valence-electron chi connectivity index (χ2n) is 5.59. The molecular weight excluding hydrogens is 379 g/mol. The van der Waals surface area contributed by atoms with Crippen molar-refractivity contribution in [2.45, 2.75) is 13.0 Å². The Kier molecular flexibility index (Phi) is 5.80. The number of aromatic nitrogens is 1. The molecule has 0 fully saturated rings. The Morgan fingerprint density at radius 1 is 1.19 bits per heavy atom. The van der Waals surface area contributed by atoms with Crippen LogP contribution in [0, 0.1) is 0 Å². The fourth-order valence-electron chi connectivity index (χ4n) is 2.34. The summed E-state index contributed by atoms with van der Waals surface area (Å²) in [5, 5.41) is 9.06. The average molecular weight is 395 g/mol. The second kappa shape index (κ2) is 8.25. The van der Waals surface area contributed by atoms with E-state index < -0.39 is 0 Å². The van der Waals surface area contributed by atoms with E-state index in [1.54, 1.807) is 30.3 Å². The molecule has 26 heavy (non-hydrogen) atoms. The molecule has 3 rings (SSSR count). The number of carbonyl (C=O) groups excluding carboxylic acids is 2. The largest absolute Gasteiger partial charge is 0.480 e. The summed E-state index contributed by atoms with van der Waals surface area (Å²) in [6, 6.07) is 8.43. The van der Waals surface area contributed by atoms with Gasteiger partial charge in [-0.1, -0.05) is 29.3 Å². The van der Waals surface area contributed by atoms with Crippen LogP contribution in [0.1, 0.15) is 11.3 Å². The van der Waals surface area contributed by atoms with Crippen LogP contribution in [-0.2, 0) is 17.8 Å². The quantitative estimate of drug-likeness (QED) is 0.726. The van der Waals surface area contributed by atoms with Gasteiger partial charge in [0.15, 0.2) is 18.2 Å². The number of fused-ring (bicyclic) bond motifs is 1. The predicted molar refractivity (Wildman–Crippen MR) is 98.8 cm³/mol. The first kappa shape index (κ1) is 18.3. The fourth-order valence-corrected chi connectivity index (χ4v) is 2.66. The summed E-state index contributed by atoms with van der Waals surface area (Å²) in [5.74, 6) is 0.713. The van der Waals surface area contributed by atoms with Gasteiger partial charge in [-0.25, -0.2) is 9.78 Å². The van der Waals surface area contributed by atoms with Crippen LogP contribution in [0.15, 0.2) is 30.3 Å². The van der Waals surface area contributed by atoms with Crippen LogP contribution in [0.3, 0.4) is 0 Å². The highest BCUT2D eigenvalue weighted by Gasteiger charge is 2.17. The second-order valence-corrected chi connectivity index (χ2v) is 6.41. The number of halogens is 2. The highest BCUT2D eigenvalue weighted by Crippen LogP contribution is 2.25. The number of urea groups is 1. The molecule has 2 heterocycles. The number of hydrogen-bond acceptors (Lipinski definition) is 4. The van der Waals surface area contributed by atoms with Crippen molar-refractivity contribution < 1.29 is 14.3 Å². The first-order valence-corrected chi connectivity index (χ1v) is 8.65. The molecule has 9 heteroatoms. The minimum Gasteiger partial charge on any atom is -0.480 e. The van der Waals surface area contributed by atoms with Gasteiger partial charge in [-0.05, 0) is 29.8 Å². The summed E-state index contributed by atoms with van der Waals surface area (Å²) < 4.78 is 5.25. The smallest absolute Gasteiger partial charge is 0.315 e. The van der Waals surface area contributed by atoms with E-state index in [2.05, 4.69) is 20.9 Å².